The van der Waals surface area contributed by atoms with Crippen LogP contribution in [-0.2, 0) is 0 Å². The van der Waals surface area contributed by atoms with E-state index >= 15 is 0 Å². The van der Waals surface area contributed by atoms with Crippen molar-refractivity contribution in [3.63, 3.8) is 0 Å². The van der Waals surface area contributed by atoms with E-state index in [1.807, 2.05) is 0 Å². The average molecular weight is 865 g/mol. The van der Waals surface area contributed by atoms with Gasteiger partial charge in [0.1, 0.15) is 0 Å². The third kappa shape index (κ3) is 353. The summed E-state index contributed by atoms with van der Waals surface area (Å²) in [6, 6.07) is 0. The monoisotopic (exact) mass is 856 g/mol. The van der Waals surface area contributed by atoms with Crippen molar-refractivity contribution in [2.24, 2.45) is 0 Å². The molecule has 0 unspecified atom stereocenters. The summed E-state index contributed by atoms with van der Waals surface area (Å²) < 4.78 is 0. The molecule has 12 N–H and O–H groups in total. The molecule has 0 saturated heterocycles. The van der Waals surface area contributed by atoms with Gasteiger partial charge in [0.2, 0.25) is 0 Å². The summed E-state index contributed by atoms with van der Waals surface area (Å²) in [5, 5.41) is 0. The van der Waals surface area contributed by atoms with Crippen LogP contribution in [0.3, 0.4) is 0 Å². The predicted octanol–water partition coefficient (Wildman–Crippen LogP) is -7.83. The van der Waals surface area contributed by atoms with Gasteiger partial charge in [0.15, 0.2) is 0 Å². The topological polar surface area (TPSA) is 243 Å². The van der Waals surface area contributed by atoms with Gasteiger partial charge < -0.3 is 57.5 Å². The molecule has 0 aromatic heterocycles. The van der Waals surface area contributed by atoms with Gasteiger partial charge in [-0.3, -0.25) is 0 Å². The summed E-state index contributed by atoms with van der Waals surface area (Å²) >= 11 is 0. The van der Waals surface area contributed by atoms with Gasteiger partial charge in [-0.15, -0.1) is 0 Å². The van der Waals surface area contributed by atoms with Crippen molar-refractivity contribution in [3.05, 3.63) is 0 Å². The van der Waals surface area contributed by atoms with Crippen molar-refractivity contribution in [1.82, 2.24) is 0 Å². The molecule has 0 bridgehead atoms. The molecule has 0 aromatic carbocycles. The van der Waals surface area contributed by atoms with Crippen LogP contribution in [0.1, 0.15) is 0 Å². The smallest absolute Gasteiger partial charge is 0.368 e. The van der Waals surface area contributed by atoms with E-state index in [9.17, 15) is 0 Å². The van der Waals surface area contributed by atoms with Crippen molar-refractivity contribution in [2.45, 2.75) is 0 Å². The Morgan fingerprint density at radius 2 is 0.263 bits per heavy atom. The van der Waals surface area contributed by atoms with Crippen molar-refractivity contribution in [3.8, 4) is 0 Å². The normalized spacial score (nSPS) is 9.47. The maximum absolute atomic E-state index is 7.33. The molecule has 0 amide bonds. The number of hydrogen-bond donors (Lipinski definition) is 12. The van der Waals surface area contributed by atoms with Gasteiger partial charge in [0.25, 0.3) is 0 Å². The van der Waals surface area contributed by atoms with Gasteiger partial charge in [0, 0.05) is 163 Å². The van der Waals surface area contributed by atoms with Crippen LogP contribution in [0.25, 0.3) is 0 Å². The molecule has 0 radical (unpaired) electrons. The molecule has 112 valence electrons. The molecule has 0 aromatic rings. The Kier molecular flexibility index (Phi) is 50.3. The SMILES string of the molecule is O[Si](O)(O)O.O[Si](O)(O)O.O[Si](O)(O)O.[Nd].[Nd].[Nd].[Nd]. The van der Waals surface area contributed by atoms with Crippen molar-refractivity contribution < 1.29 is 221 Å². The Balaban J connectivity index is -0.0000000206. The fourth-order valence-electron chi connectivity index (χ4n) is 0. The van der Waals surface area contributed by atoms with Crippen LogP contribution in [0.5, 0.6) is 0 Å². The van der Waals surface area contributed by atoms with Crippen molar-refractivity contribution in [1.29, 1.82) is 0 Å². The maximum atomic E-state index is 7.33. The fourth-order valence-corrected chi connectivity index (χ4v) is 0. The molecule has 0 spiro atoms. The zero-order chi connectivity index (χ0) is 13.5. The Hall–Kier alpha value is 5.57. The van der Waals surface area contributed by atoms with Gasteiger partial charge in [-0.2, -0.15) is 0 Å². The predicted molar refractivity (Wildman–Crippen MR) is 43.9 cm³/mol. The van der Waals surface area contributed by atoms with Crippen LogP contribution in [0, 0.1) is 163 Å². The molecular formula is H12Nd4O12Si3. The Morgan fingerprint density at radius 1 is 0.263 bits per heavy atom. The number of rotatable bonds is 0. The second-order valence-corrected chi connectivity index (χ2v) is 5.40. The summed E-state index contributed by atoms with van der Waals surface area (Å²) in [7, 11) is -13.8. The zero-order valence-corrected chi connectivity index (χ0v) is 24.7. The largest absolute Gasteiger partial charge is 0.668 e. The van der Waals surface area contributed by atoms with Crippen LogP contribution in [0.4, 0.5) is 0 Å². The second-order valence-electron chi connectivity index (χ2n) is 1.80. The van der Waals surface area contributed by atoms with Crippen molar-refractivity contribution in [2.75, 3.05) is 0 Å². The second kappa shape index (κ2) is 21.6. The minimum Gasteiger partial charge on any atom is -0.368 e. The van der Waals surface area contributed by atoms with Gasteiger partial charge in [-0.1, -0.05) is 0 Å². The summed E-state index contributed by atoms with van der Waals surface area (Å²) in [4.78, 5) is 87.9. The van der Waals surface area contributed by atoms with E-state index in [0.717, 1.165) is 0 Å². The van der Waals surface area contributed by atoms with Crippen molar-refractivity contribution >= 4 is 27.1 Å². The maximum Gasteiger partial charge on any atom is 0.668 e. The minimum atomic E-state index is -4.61. The summed E-state index contributed by atoms with van der Waals surface area (Å²) in [5.74, 6) is 0. The van der Waals surface area contributed by atoms with E-state index in [1.165, 1.54) is 0 Å². The number of hydrogen-bond acceptors (Lipinski definition) is 12. The quantitative estimate of drug-likeness (QED) is 0.102. The summed E-state index contributed by atoms with van der Waals surface area (Å²) in [6.07, 6.45) is 0. The van der Waals surface area contributed by atoms with E-state index in [4.69, 9.17) is 57.5 Å². The molecule has 0 aliphatic carbocycles. The van der Waals surface area contributed by atoms with E-state index in [1.54, 1.807) is 0 Å². The first-order valence-electron chi connectivity index (χ1n) is 2.68. The molecule has 19 heteroatoms. The first kappa shape index (κ1) is 44.2. The molecule has 0 aliphatic rings. The minimum absolute atomic E-state index is 0. The summed E-state index contributed by atoms with van der Waals surface area (Å²) in [6.45, 7) is 0. The Morgan fingerprint density at radius 3 is 0.263 bits per heavy atom. The Bertz CT molecular complexity index is 100.0. The molecule has 12 nitrogen and oxygen atoms in total. The van der Waals surface area contributed by atoms with Gasteiger partial charge in [-0.25, -0.2) is 0 Å². The van der Waals surface area contributed by atoms with Crippen LogP contribution in [-0.4, -0.2) is 84.7 Å². The average Bonchev–Trinajstić information content (AvgIpc) is 1.41. The fraction of sp³-hybridized carbons (Fsp3) is 0. The van der Waals surface area contributed by atoms with E-state index in [-0.39, 0.29) is 163 Å². The molecule has 0 fully saturated rings. The first-order valence-corrected chi connectivity index (χ1v) is 8.05. The molecule has 0 heterocycles. The molecule has 0 atom stereocenters. The van der Waals surface area contributed by atoms with Crippen LogP contribution in [0.15, 0.2) is 0 Å². The van der Waals surface area contributed by atoms with E-state index in [0.29, 0.717) is 0 Å². The first-order chi connectivity index (χ1) is 6.00. The van der Waals surface area contributed by atoms with Crippen LogP contribution >= 0.6 is 0 Å². The summed E-state index contributed by atoms with van der Waals surface area (Å²) in [5.41, 5.74) is 0. The van der Waals surface area contributed by atoms with E-state index in [2.05, 4.69) is 0 Å². The van der Waals surface area contributed by atoms with Gasteiger partial charge >= 0.3 is 27.1 Å². The van der Waals surface area contributed by atoms with Gasteiger partial charge in [0.05, 0.1) is 0 Å². The van der Waals surface area contributed by atoms with Crippen LogP contribution < -0.4 is 0 Å². The standard InChI is InChI=1S/4Nd.3H4O4Si/c;;;;3*1-5(2,3)4/h;;;;3*1-4H. The van der Waals surface area contributed by atoms with Gasteiger partial charge in [-0.05, 0) is 0 Å². The molecule has 0 rings (SSSR count). The zero-order valence-electron chi connectivity index (χ0n) is 8.87. The van der Waals surface area contributed by atoms with Crippen LogP contribution in [0.2, 0.25) is 0 Å². The molecule has 0 aliphatic heterocycles. The molecule has 19 heavy (non-hydrogen) atoms. The molecular weight excluding hydrogens is 853 g/mol. The molecule has 0 saturated carbocycles. The Labute approximate surface area is 242 Å². The third-order valence-electron chi connectivity index (χ3n) is 0. The van der Waals surface area contributed by atoms with E-state index < -0.39 is 27.1 Å². The third-order valence-corrected chi connectivity index (χ3v) is 0.